The summed E-state index contributed by atoms with van der Waals surface area (Å²) < 4.78 is 10.6. The van der Waals surface area contributed by atoms with Crippen LogP contribution in [-0.4, -0.2) is 63.8 Å². The van der Waals surface area contributed by atoms with Gasteiger partial charge in [0.15, 0.2) is 0 Å². The number of ether oxygens (including phenoxy) is 2. The predicted octanol–water partition coefficient (Wildman–Crippen LogP) is -1.04. The molecule has 1 rings (SSSR count). The van der Waals surface area contributed by atoms with Gasteiger partial charge in [0, 0.05) is 33.2 Å². The van der Waals surface area contributed by atoms with Crippen molar-refractivity contribution in [2.24, 2.45) is 0 Å². The van der Waals surface area contributed by atoms with Crippen molar-refractivity contribution < 1.29 is 14.6 Å². The van der Waals surface area contributed by atoms with E-state index in [2.05, 4.69) is 10.6 Å². The first-order valence-corrected chi connectivity index (χ1v) is 5.45. The fraction of sp³-hybridized carbons (Fsp3) is 1.00. The summed E-state index contributed by atoms with van der Waals surface area (Å²) in [6.45, 7) is 3.12. The molecular weight excluding hydrogens is 196 g/mol. The maximum atomic E-state index is 9.65. The Labute approximate surface area is 91.1 Å². The third-order valence-corrected chi connectivity index (χ3v) is 2.56. The molecule has 5 nitrogen and oxygen atoms in total. The molecule has 15 heavy (non-hydrogen) atoms. The fourth-order valence-corrected chi connectivity index (χ4v) is 1.74. The van der Waals surface area contributed by atoms with Crippen LogP contribution in [0.3, 0.4) is 0 Å². The van der Waals surface area contributed by atoms with E-state index in [4.69, 9.17) is 9.47 Å². The van der Waals surface area contributed by atoms with Gasteiger partial charge in [0.05, 0.1) is 18.8 Å². The molecule has 1 aliphatic rings. The van der Waals surface area contributed by atoms with Crippen LogP contribution in [-0.2, 0) is 9.47 Å². The SMILES string of the molecule is CNCCNCC1CC(O)C(COC)O1. The molecule has 3 unspecified atom stereocenters. The Kier molecular flexibility index (Phi) is 6.12. The van der Waals surface area contributed by atoms with Gasteiger partial charge in [-0.3, -0.25) is 0 Å². The standard InChI is InChI=1S/C10H22N2O3/c1-11-3-4-12-6-8-5-9(13)10(15-8)7-14-2/h8-13H,3-7H2,1-2H3. The van der Waals surface area contributed by atoms with Crippen molar-refractivity contribution in [1.29, 1.82) is 0 Å². The molecule has 0 aromatic rings. The van der Waals surface area contributed by atoms with E-state index in [-0.39, 0.29) is 18.3 Å². The minimum Gasteiger partial charge on any atom is -0.390 e. The molecule has 0 radical (unpaired) electrons. The highest BCUT2D eigenvalue weighted by Gasteiger charge is 2.33. The lowest BCUT2D eigenvalue weighted by Crippen LogP contribution is -2.32. The molecule has 0 amide bonds. The van der Waals surface area contributed by atoms with E-state index < -0.39 is 0 Å². The summed E-state index contributed by atoms with van der Waals surface area (Å²) in [6, 6.07) is 0. The minimum atomic E-state index is -0.388. The summed E-state index contributed by atoms with van der Waals surface area (Å²) in [5.41, 5.74) is 0. The van der Waals surface area contributed by atoms with E-state index in [1.807, 2.05) is 7.05 Å². The monoisotopic (exact) mass is 218 g/mol. The summed E-state index contributed by atoms with van der Waals surface area (Å²) in [7, 11) is 3.54. The van der Waals surface area contributed by atoms with Crippen molar-refractivity contribution in [1.82, 2.24) is 10.6 Å². The zero-order valence-corrected chi connectivity index (χ0v) is 9.53. The molecule has 0 aromatic heterocycles. The van der Waals surface area contributed by atoms with E-state index in [1.54, 1.807) is 7.11 Å². The van der Waals surface area contributed by atoms with Crippen molar-refractivity contribution in [2.45, 2.75) is 24.7 Å². The summed E-state index contributed by atoms with van der Waals surface area (Å²) in [5, 5.41) is 16.0. The fourth-order valence-electron chi connectivity index (χ4n) is 1.74. The minimum absolute atomic E-state index is 0.108. The van der Waals surface area contributed by atoms with Gasteiger partial charge in [0.2, 0.25) is 0 Å². The largest absolute Gasteiger partial charge is 0.390 e. The normalized spacial score (nSPS) is 31.0. The van der Waals surface area contributed by atoms with Crippen molar-refractivity contribution in [3.05, 3.63) is 0 Å². The first-order valence-electron chi connectivity index (χ1n) is 5.45. The van der Waals surface area contributed by atoms with Gasteiger partial charge < -0.3 is 25.2 Å². The van der Waals surface area contributed by atoms with E-state index in [1.165, 1.54) is 0 Å². The molecule has 5 heteroatoms. The second-order valence-electron chi connectivity index (χ2n) is 3.86. The topological polar surface area (TPSA) is 62.8 Å². The van der Waals surface area contributed by atoms with E-state index >= 15 is 0 Å². The Hall–Kier alpha value is -0.200. The lowest BCUT2D eigenvalue weighted by atomic mass is 10.1. The Bertz CT molecular complexity index is 169. The van der Waals surface area contributed by atoms with Crippen molar-refractivity contribution in [2.75, 3.05) is 40.4 Å². The number of aliphatic hydroxyl groups excluding tert-OH is 1. The maximum Gasteiger partial charge on any atom is 0.107 e. The molecule has 1 aliphatic heterocycles. The third-order valence-electron chi connectivity index (χ3n) is 2.56. The Morgan fingerprint density at radius 2 is 2.27 bits per heavy atom. The third kappa shape index (κ3) is 4.44. The molecule has 0 bridgehead atoms. The zero-order chi connectivity index (χ0) is 11.1. The van der Waals surface area contributed by atoms with E-state index in [9.17, 15) is 5.11 Å². The number of hydrogen-bond acceptors (Lipinski definition) is 5. The lowest BCUT2D eigenvalue weighted by Gasteiger charge is -2.14. The molecule has 90 valence electrons. The first kappa shape index (κ1) is 12.9. The summed E-state index contributed by atoms with van der Waals surface area (Å²) in [6.07, 6.45) is 0.254. The summed E-state index contributed by atoms with van der Waals surface area (Å²) in [5.74, 6) is 0. The molecule has 0 aliphatic carbocycles. The molecule has 1 heterocycles. The average Bonchev–Trinajstić information content (AvgIpc) is 2.55. The molecule has 3 N–H and O–H groups in total. The average molecular weight is 218 g/mol. The lowest BCUT2D eigenvalue weighted by molar-refractivity contribution is -0.0324. The molecule has 3 atom stereocenters. The second kappa shape index (κ2) is 7.14. The molecular formula is C10H22N2O3. The van der Waals surface area contributed by atoms with Gasteiger partial charge >= 0.3 is 0 Å². The highest BCUT2D eigenvalue weighted by atomic mass is 16.6. The summed E-state index contributed by atoms with van der Waals surface area (Å²) in [4.78, 5) is 0. The van der Waals surface area contributed by atoms with Gasteiger partial charge in [0.1, 0.15) is 6.10 Å². The van der Waals surface area contributed by atoms with Crippen LogP contribution in [0.1, 0.15) is 6.42 Å². The number of nitrogens with one attached hydrogen (secondary N) is 2. The van der Waals surface area contributed by atoms with E-state index in [0.29, 0.717) is 13.0 Å². The highest BCUT2D eigenvalue weighted by Crippen LogP contribution is 2.19. The molecule has 1 saturated heterocycles. The number of likely N-dealkylation sites (N-methyl/N-ethyl adjacent to an activating group) is 1. The van der Waals surface area contributed by atoms with Crippen LogP contribution in [0, 0.1) is 0 Å². The van der Waals surface area contributed by atoms with Crippen LogP contribution in [0.4, 0.5) is 0 Å². The van der Waals surface area contributed by atoms with Gasteiger partial charge in [-0.1, -0.05) is 0 Å². The van der Waals surface area contributed by atoms with Crippen LogP contribution in [0.15, 0.2) is 0 Å². The van der Waals surface area contributed by atoms with Crippen molar-refractivity contribution in [3.8, 4) is 0 Å². The number of methoxy groups -OCH3 is 1. The maximum absolute atomic E-state index is 9.65. The zero-order valence-electron chi connectivity index (χ0n) is 9.53. The number of aliphatic hydroxyl groups is 1. The predicted molar refractivity (Wildman–Crippen MR) is 58.0 cm³/mol. The first-order chi connectivity index (χ1) is 7.27. The van der Waals surface area contributed by atoms with Crippen LogP contribution >= 0.6 is 0 Å². The van der Waals surface area contributed by atoms with E-state index in [0.717, 1.165) is 19.6 Å². The van der Waals surface area contributed by atoms with Crippen LogP contribution in [0.5, 0.6) is 0 Å². The van der Waals surface area contributed by atoms with Gasteiger partial charge in [-0.2, -0.15) is 0 Å². The van der Waals surface area contributed by atoms with Gasteiger partial charge in [0.25, 0.3) is 0 Å². The number of hydrogen-bond donors (Lipinski definition) is 3. The van der Waals surface area contributed by atoms with Gasteiger partial charge in [-0.15, -0.1) is 0 Å². The molecule has 0 spiro atoms. The Morgan fingerprint density at radius 3 is 2.93 bits per heavy atom. The van der Waals surface area contributed by atoms with Crippen LogP contribution in [0.25, 0.3) is 0 Å². The van der Waals surface area contributed by atoms with Crippen LogP contribution in [0.2, 0.25) is 0 Å². The molecule has 0 saturated carbocycles. The smallest absolute Gasteiger partial charge is 0.107 e. The molecule has 1 fully saturated rings. The van der Waals surface area contributed by atoms with Gasteiger partial charge in [-0.05, 0) is 7.05 Å². The van der Waals surface area contributed by atoms with Crippen LogP contribution < -0.4 is 10.6 Å². The summed E-state index contributed by atoms with van der Waals surface area (Å²) >= 11 is 0. The Balaban J connectivity index is 2.11. The number of rotatable bonds is 7. The Morgan fingerprint density at radius 1 is 1.47 bits per heavy atom. The highest BCUT2D eigenvalue weighted by molar-refractivity contribution is 4.83. The molecule has 0 aromatic carbocycles. The second-order valence-corrected chi connectivity index (χ2v) is 3.86. The van der Waals surface area contributed by atoms with Crippen molar-refractivity contribution in [3.63, 3.8) is 0 Å². The van der Waals surface area contributed by atoms with Crippen molar-refractivity contribution >= 4 is 0 Å². The quantitative estimate of drug-likeness (QED) is 0.476. The van der Waals surface area contributed by atoms with Gasteiger partial charge in [-0.25, -0.2) is 0 Å².